The number of carbonyl (C=O) groups is 2. The maximum Gasteiger partial charge on any atom is 0.278 e. The molecule has 1 fully saturated rings. The van der Waals surface area contributed by atoms with Crippen LogP contribution >= 0.6 is 0 Å². The highest BCUT2D eigenvalue weighted by Crippen LogP contribution is 2.35. The second-order valence-electron chi connectivity index (χ2n) is 6.65. The summed E-state index contributed by atoms with van der Waals surface area (Å²) in [6, 6.07) is 9.61. The summed E-state index contributed by atoms with van der Waals surface area (Å²) in [5.41, 5.74) is -0.293. The first-order chi connectivity index (χ1) is 10.8. The third-order valence-electron chi connectivity index (χ3n) is 4.31. The zero-order valence-corrected chi connectivity index (χ0v) is 15.7. The molecule has 0 saturated carbocycles. The molecular formula is C17H26N2O3Si. The van der Waals surface area contributed by atoms with Crippen molar-refractivity contribution in [2.75, 3.05) is 7.11 Å². The summed E-state index contributed by atoms with van der Waals surface area (Å²) < 4.78 is 5.56. The van der Waals surface area contributed by atoms with Crippen molar-refractivity contribution in [3.63, 3.8) is 0 Å². The minimum absolute atomic E-state index is 0.0280. The lowest BCUT2D eigenvalue weighted by Gasteiger charge is -2.58. The van der Waals surface area contributed by atoms with Crippen LogP contribution in [0.25, 0.3) is 0 Å². The van der Waals surface area contributed by atoms with Crippen molar-refractivity contribution in [2.24, 2.45) is 0 Å². The molecule has 0 spiro atoms. The van der Waals surface area contributed by atoms with E-state index in [2.05, 4.69) is 18.4 Å². The summed E-state index contributed by atoms with van der Waals surface area (Å²) in [4.78, 5) is 26.9. The van der Waals surface area contributed by atoms with Gasteiger partial charge in [0, 0.05) is 13.2 Å². The van der Waals surface area contributed by atoms with Gasteiger partial charge in [0.05, 0.1) is 20.9 Å². The molecule has 1 saturated heterocycles. The van der Waals surface area contributed by atoms with Crippen molar-refractivity contribution in [1.82, 2.24) is 10.2 Å². The number of hydrogen-bond donors (Lipinski definition) is 1. The molecule has 1 aromatic carbocycles. The van der Waals surface area contributed by atoms with Crippen LogP contribution in [0.3, 0.4) is 0 Å². The van der Waals surface area contributed by atoms with Crippen LogP contribution in [0.5, 0.6) is 0 Å². The van der Waals surface area contributed by atoms with Gasteiger partial charge in [-0.15, -0.1) is 0 Å². The zero-order valence-electron chi connectivity index (χ0n) is 14.5. The molecule has 5 nitrogen and oxygen atoms in total. The second kappa shape index (κ2) is 6.84. The second-order valence-corrected chi connectivity index (χ2v) is 9.76. The smallest absolute Gasteiger partial charge is 0.278 e. The van der Waals surface area contributed by atoms with Crippen molar-refractivity contribution >= 4 is 20.6 Å². The summed E-state index contributed by atoms with van der Waals surface area (Å²) in [6.07, 6.45) is 0.243. The number of amides is 2. The maximum atomic E-state index is 12.7. The number of carbonyl (C=O) groups excluding carboxylic acids is 2. The van der Waals surface area contributed by atoms with Gasteiger partial charge in [0.25, 0.3) is 5.91 Å². The molecule has 1 aliphatic rings. The van der Waals surface area contributed by atoms with Crippen molar-refractivity contribution in [2.45, 2.75) is 50.8 Å². The third-order valence-corrected chi connectivity index (χ3v) is 6.36. The quantitative estimate of drug-likeness (QED) is 0.485. The average molecular weight is 334 g/mol. The largest absolute Gasteiger partial charge is 0.349 e. The first-order valence-corrected chi connectivity index (χ1v) is 11.0. The van der Waals surface area contributed by atoms with Gasteiger partial charge in [-0.1, -0.05) is 43.4 Å². The van der Waals surface area contributed by atoms with Crippen LogP contribution in [0.15, 0.2) is 30.3 Å². The first kappa shape index (κ1) is 17.7. The lowest BCUT2D eigenvalue weighted by molar-refractivity contribution is -0.201. The summed E-state index contributed by atoms with van der Waals surface area (Å²) in [5.74, 6) is -0.322. The summed E-state index contributed by atoms with van der Waals surface area (Å²) >= 11 is 0. The van der Waals surface area contributed by atoms with Gasteiger partial charge in [-0.3, -0.25) is 9.59 Å². The van der Waals surface area contributed by atoms with Crippen molar-refractivity contribution in [3.05, 3.63) is 35.9 Å². The number of likely N-dealkylation sites (tertiary alicyclic amines) is 1. The Kier molecular flexibility index (Phi) is 5.26. The van der Waals surface area contributed by atoms with Crippen molar-refractivity contribution in [3.8, 4) is 0 Å². The van der Waals surface area contributed by atoms with Gasteiger partial charge in [0.1, 0.15) is 0 Å². The fourth-order valence-corrected chi connectivity index (χ4v) is 5.76. The predicted molar refractivity (Wildman–Crippen MR) is 92.7 cm³/mol. The van der Waals surface area contributed by atoms with Gasteiger partial charge in [-0.05, 0) is 19.4 Å². The van der Waals surface area contributed by atoms with Gasteiger partial charge < -0.3 is 15.0 Å². The Morgan fingerprint density at radius 3 is 2.43 bits per heavy atom. The normalized spacial score (nSPS) is 24.0. The van der Waals surface area contributed by atoms with Gasteiger partial charge in [-0.25, -0.2) is 0 Å². The lowest BCUT2D eigenvalue weighted by atomic mass is 9.98. The van der Waals surface area contributed by atoms with Crippen molar-refractivity contribution in [1.29, 1.82) is 0 Å². The number of nitrogens with one attached hydrogen (secondary N) is 1. The molecule has 0 aliphatic carbocycles. The Balaban J connectivity index is 2.17. The van der Waals surface area contributed by atoms with E-state index < -0.39 is 14.5 Å². The standard InChI is InChI=1S/C17H26N2O3Si/c1-12(2)19-15(21)17(22-3,16(19)23(4)5)18-14(20)11-13-9-7-6-8-10-13/h6-10,12,16,23H,11H2,1-5H3,(H,18,20). The number of nitrogens with zero attached hydrogens (tertiary/aromatic N) is 1. The van der Waals surface area contributed by atoms with E-state index in [1.165, 1.54) is 7.11 Å². The molecule has 0 radical (unpaired) electrons. The molecule has 2 unspecified atom stereocenters. The molecular weight excluding hydrogens is 308 g/mol. The number of benzene rings is 1. The molecule has 2 atom stereocenters. The van der Waals surface area contributed by atoms with Gasteiger partial charge in [-0.2, -0.15) is 0 Å². The Labute approximate surface area is 139 Å². The number of hydrogen-bond acceptors (Lipinski definition) is 3. The van der Waals surface area contributed by atoms with Crippen LogP contribution in [0.2, 0.25) is 13.1 Å². The summed E-state index contributed by atoms with van der Waals surface area (Å²) in [5, 5.41) is 2.88. The van der Waals surface area contributed by atoms with Gasteiger partial charge in [0.2, 0.25) is 11.6 Å². The van der Waals surface area contributed by atoms with Crippen molar-refractivity contribution < 1.29 is 14.3 Å². The van der Waals surface area contributed by atoms with E-state index in [9.17, 15) is 9.59 Å². The highest BCUT2D eigenvalue weighted by molar-refractivity contribution is 6.59. The van der Waals surface area contributed by atoms with E-state index in [4.69, 9.17) is 4.74 Å². The molecule has 6 heteroatoms. The van der Waals surface area contributed by atoms with Gasteiger partial charge >= 0.3 is 0 Å². The number of β-lactam (4-membered cyclic amide) rings is 1. The van der Waals surface area contributed by atoms with E-state index >= 15 is 0 Å². The third kappa shape index (κ3) is 3.18. The first-order valence-electron chi connectivity index (χ1n) is 8.06. The minimum atomic E-state index is -1.25. The van der Waals surface area contributed by atoms with E-state index in [-0.39, 0.29) is 29.9 Å². The van der Waals surface area contributed by atoms with Crippen LogP contribution in [-0.4, -0.2) is 50.1 Å². The van der Waals surface area contributed by atoms with Crippen LogP contribution in [-0.2, 0) is 20.7 Å². The number of ether oxygens (including phenoxy) is 1. The molecule has 0 aromatic heterocycles. The fourth-order valence-electron chi connectivity index (χ4n) is 3.34. The van der Waals surface area contributed by atoms with Crippen LogP contribution < -0.4 is 5.32 Å². The van der Waals surface area contributed by atoms with Crippen LogP contribution in [0.1, 0.15) is 19.4 Å². The molecule has 0 bridgehead atoms. The Morgan fingerprint density at radius 1 is 1.35 bits per heavy atom. The monoisotopic (exact) mass is 334 g/mol. The molecule has 1 heterocycles. The molecule has 23 heavy (non-hydrogen) atoms. The Morgan fingerprint density at radius 2 is 1.96 bits per heavy atom. The zero-order chi connectivity index (χ0) is 17.2. The molecule has 1 aliphatic heterocycles. The number of rotatable bonds is 6. The summed E-state index contributed by atoms with van der Waals surface area (Å²) in [7, 11) is 0.251. The van der Waals surface area contributed by atoms with Gasteiger partial charge in [0.15, 0.2) is 0 Å². The van der Waals surface area contributed by atoms with E-state index in [1.54, 1.807) is 0 Å². The predicted octanol–water partition coefficient (Wildman–Crippen LogP) is 1.33. The topological polar surface area (TPSA) is 58.6 Å². The molecule has 2 rings (SSSR count). The molecule has 1 N–H and O–H groups in total. The molecule has 126 valence electrons. The molecule has 2 amide bonds. The maximum absolute atomic E-state index is 12.7. The van der Waals surface area contributed by atoms with E-state index in [0.29, 0.717) is 0 Å². The Hall–Kier alpha value is -1.66. The highest BCUT2D eigenvalue weighted by atomic mass is 28.3. The minimum Gasteiger partial charge on any atom is -0.349 e. The van der Waals surface area contributed by atoms with E-state index in [0.717, 1.165) is 5.56 Å². The molecule has 1 aromatic rings. The SMILES string of the molecule is COC1(NC(=O)Cc2ccccc2)C(=O)N(C(C)C)C1[SiH](C)C. The van der Waals surface area contributed by atoms with Crippen LogP contribution in [0, 0.1) is 0 Å². The number of methoxy groups -OCH3 is 1. The lowest BCUT2D eigenvalue weighted by Crippen LogP contribution is -2.85. The Bertz CT molecular complexity index is 576. The fraction of sp³-hybridized carbons (Fsp3) is 0.529. The van der Waals surface area contributed by atoms with E-state index in [1.807, 2.05) is 49.1 Å². The van der Waals surface area contributed by atoms with Crippen LogP contribution in [0.4, 0.5) is 0 Å². The summed E-state index contributed by atoms with van der Waals surface area (Å²) in [6.45, 7) is 8.33. The average Bonchev–Trinajstić information content (AvgIpc) is 2.49. The highest BCUT2D eigenvalue weighted by Gasteiger charge is 2.64.